The van der Waals surface area contributed by atoms with E-state index in [9.17, 15) is 13.2 Å². The van der Waals surface area contributed by atoms with Crippen LogP contribution in [0.3, 0.4) is 0 Å². The smallest absolute Gasteiger partial charge is 0.387 e. The Kier molecular flexibility index (Phi) is 6.15. The number of hydrogen-bond donors (Lipinski definition) is 0. The van der Waals surface area contributed by atoms with Gasteiger partial charge in [-0.3, -0.25) is 4.39 Å². The second kappa shape index (κ2) is 8.11. The normalized spacial score (nSPS) is 22.9. The van der Waals surface area contributed by atoms with Gasteiger partial charge in [0, 0.05) is 0 Å². The highest BCUT2D eigenvalue weighted by Gasteiger charge is 2.20. The first-order chi connectivity index (χ1) is 10.2. The highest BCUT2D eigenvalue weighted by Crippen LogP contribution is 2.36. The van der Waals surface area contributed by atoms with Crippen molar-refractivity contribution < 1.29 is 17.9 Å². The Bertz CT molecular complexity index is 434. The molecule has 0 radical (unpaired) electrons. The molecule has 21 heavy (non-hydrogen) atoms. The molecule has 0 unspecified atom stereocenters. The van der Waals surface area contributed by atoms with E-state index in [1.165, 1.54) is 5.56 Å². The first-order valence-corrected chi connectivity index (χ1v) is 7.46. The minimum absolute atomic E-state index is 0.205. The third kappa shape index (κ3) is 5.10. The van der Waals surface area contributed by atoms with Gasteiger partial charge in [0.25, 0.3) is 0 Å². The molecule has 0 saturated heterocycles. The van der Waals surface area contributed by atoms with Crippen molar-refractivity contribution >= 4 is 0 Å². The van der Waals surface area contributed by atoms with Gasteiger partial charge in [0.2, 0.25) is 0 Å². The highest BCUT2D eigenvalue weighted by atomic mass is 19.3. The van der Waals surface area contributed by atoms with Crippen molar-refractivity contribution in [1.29, 1.82) is 0 Å². The van der Waals surface area contributed by atoms with Gasteiger partial charge in [0.1, 0.15) is 5.75 Å². The summed E-state index contributed by atoms with van der Waals surface area (Å²) in [5, 5.41) is 0. The number of rotatable bonds is 6. The third-order valence-corrected chi connectivity index (χ3v) is 4.03. The Labute approximate surface area is 123 Å². The molecule has 1 aliphatic carbocycles. The number of halogens is 3. The van der Waals surface area contributed by atoms with E-state index in [-0.39, 0.29) is 12.4 Å². The zero-order valence-electron chi connectivity index (χ0n) is 12.0. The van der Waals surface area contributed by atoms with Crippen LogP contribution in [-0.2, 0) is 0 Å². The van der Waals surface area contributed by atoms with Crippen LogP contribution in [-0.4, -0.2) is 13.3 Å². The zero-order chi connectivity index (χ0) is 15.1. The number of benzene rings is 1. The summed E-state index contributed by atoms with van der Waals surface area (Å²) in [4.78, 5) is 0. The molecule has 1 saturated carbocycles. The minimum atomic E-state index is -2.78. The fraction of sp³-hybridized carbons (Fsp3) is 0.529. The maximum absolute atomic E-state index is 12.1. The van der Waals surface area contributed by atoms with Crippen LogP contribution in [0.1, 0.15) is 43.6 Å². The average Bonchev–Trinajstić information content (AvgIpc) is 2.49. The second-order valence-electron chi connectivity index (χ2n) is 5.47. The van der Waals surface area contributed by atoms with Gasteiger partial charge in [-0.25, -0.2) is 0 Å². The molecule has 0 N–H and O–H groups in total. The van der Waals surface area contributed by atoms with Crippen molar-refractivity contribution in [3.05, 3.63) is 42.0 Å². The van der Waals surface area contributed by atoms with E-state index >= 15 is 0 Å². The largest absolute Gasteiger partial charge is 0.435 e. The van der Waals surface area contributed by atoms with Crippen molar-refractivity contribution in [2.24, 2.45) is 5.92 Å². The first kappa shape index (κ1) is 15.9. The Morgan fingerprint density at radius 2 is 1.76 bits per heavy atom. The van der Waals surface area contributed by atoms with E-state index in [2.05, 4.69) is 10.8 Å². The molecule has 4 heteroatoms. The van der Waals surface area contributed by atoms with Crippen LogP contribution in [0.4, 0.5) is 13.2 Å². The van der Waals surface area contributed by atoms with Crippen LogP contribution in [0.15, 0.2) is 36.4 Å². The molecule has 0 bridgehead atoms. The predicted octanol–water partition coefficient (Wildman–Crippen LogP) is 5.48. The summed E-state index contributed by atoms with van der Waals surface area (Å²) in [6.45, 7) is -3.07. The predicted molar refractivity (Wildman–Crippen MR) is 77.5 cm³/mol. The second-order valence-corrected chi connectivity index (χ2v) is 5.47. The average molecular weight is 298 g/mol. The Balaban J connectivity index is 1.84. The van der Waals surface area contributed by atoms with Gasteiger partial charge in [-0.05, 0) is 61.6 Å². The fourth-order valence-corrected chi connectivity index (χ4v) is 2.92. The SMILES string of the molecule is FCC/C=C/C1CCC(c2ccc(OC(F)F)cc2)CC1. The summed E-state index contributed by atoms with van der Waals surface area (Å²) in [6.07, 6.45) is 8.94. The molecule has 0 amide bonds. The lowest BCUT2D eigenvalue weighted by atomic mass is 9.78. The van der Waals surface area contributed by atoms with Crippen LogP contribution in [0.2, 0.25) is 0 Å². The van der Waals surface area contributed by atoms with Crippen molar-refractivity contribution in [3.63, 3.8) is 0 Å². The molecule has 0 atom stereocenters. The summed E-state index contributed by atoms with van der Waals surface area (Å²) >= 11 is 0. The van der Waals surface area contributed by atoms with Crippen LogP contribution in [0.25, 0.3) is 0 Å². The monoisotopic (exact) mass is 298 g/mol. The summed E-state index contributed by atoms with van der Waals surface area (Å²) in [5.74, 6) is 1.24. The highest BCUT2D eigenvalue weighted by molar-refractivity contribution is 5.29. The van der Waals surface area contributed by atoms with E-state index in [1.807, 2.05) is 18.2 Å². The molecule has 1 nitrogen and oxygen atoms in total. The van der Waals surface area contributed by atoms with Gasteiger partial charge in [-0.15, -0.1) is 0 Å². The van der Waals surface area contributed by atoms with Crippen molar-refractivity contribution in [2.75, 3.05) is 6.67 Å². The molecular formula is C17H21F3O. The number of ether oxygens (including phenoxy) is 1. The number of hydrogen-bond acceptors (Lipinski definition) is 1. The van der Waals surface area contributed by atoms with Crippen LogP contribution < -0.4 is 4.74 Å². The van der Waals surface area contributed by atoms with E-state index in [0.29, 0.717) is 18.3 Å². The van der Waals surface area contributed by atoms with E-state index in [1.54, 1.807) is 12.1 Å². The van der Waals surface area contributed by atoms with Gasteiger partial charge in [-0.1, -0.05) is 24.3 Å². The number of allylic oxidation sites excluding steroid dienone is 2. The molecule has 0 heterocycles. The quantitative estimate of drug-likeness (QED) is 0.632. The molecule has 2 rings (SSSR count). The Morgan fingerprint density at radius 1 is 1.10 bits per heavy atom. The maximum atomic E-state index is 12.1. The lowest BCUT2D eigenvalue weighted by molar-refractivity contribution is -0.0498. The van der Waals surface area contributed by atoms with Crippen LogP contribution in [0.5, 0.6) is 5.75 Å². The van der Waals surface area contributed by atoms with Crippen molar-refractivity contribution in [1.82, 2.24) is 0 Å². The van der Waals surface area contributed by atoms with Crippen molar-refractivity contribution in [3.8, 4) is 5.75 Å². The summed E-state index contributed by atoms with van der Waals surface area (Å²) in [6, 6.07) is 6.97. The third-order valence-electron chi connectivity index (χ3n) is 4.03. The van der Waals surface area contributed by atoms with Gasteiger partial charge in [0.15, 0.2) is 0 Å². The minimum Gasteiger partial charge on any atom is -0.435 e. The van der Waals surface area contributed by atoms with Crippen LogP contribution >= 0.6 is 0 Å². The summed E-state index contributed by atoms with van der Waals surface area (Å²) in [7, 11) is 0. The molecule has 1 aromatic carbocycles. The lowest BCUT2D eigenvalue weighted by Crippen LogP contribution is -2.11. The fourth-order valence-electron chi connectivity index (χ4n) is 2.92. The van der Waals surface area contributed by atoms with Crippen LogP contribution in [0, 0.1) is 5.92 Å². The molecule has 1 aliphatic rings. The lowest BCUT2D eigenvalue weighted by Gasteiger charge is -2.27. The molecular weight excluding hydrogens is 277 g/mol. The van der Waals surface area contributed by atoms with Crippen molar-refractivity contribution in [2.45, 2.75) is 44.6 Å². The van der Waals surface area contributed by atoms with E-state index in [4.69, 9.17) is 0 Å². The molecule has 0 aromatic heterocycles. The van der Waals surface area contributed by atoms with Gasteiger partial charge >= 0.3 is 6.61 Å². The summed E-state index contributed by atoms with van der Waals surface area (Å²) in [5.41, 5.74) is 1.18. The van der Waals surface area contributed by atoms with E-state index < -0.39 is 6.61 Å². The maximum Gasteiger partial charge on any atom is 0.387 e. The molecule has 1 fully saturated rings. The molecule has 116 valence electrons. The summed E-state index contributed by atoms with van der Waals surface area (Å²) < 4.78 is 40.6. The molecule has 0 aliphatic heterocycles. The first-order valence-electron chi connectivity index (χ1n) is 7.46. The van der Waals surface area contributed by atoms with E-state index in [0.717, 1.165) is 25.7 Å². The Morgan fingerprint density at radius 3 is 2.33 bits per heavy atom. The van der Waals surface area contributed by atoms with Gasteiger partial charge in [-0.2, -0.15) is 8.78 Å². The Hall–Kier alpha value is -1.45. The zero-order valence-corrected chi connectivity index (χ0v) is 12.0. The number of alkyl halides is 3. The standard InChI is InChI=1S/C17H21F3O/c18-12-2-1-3-13-4-6-14(7-5-13)15-8-10-16(11-9-15)21-17(19)20/h1,3,8-11,13-14,17H,2,4-7,12H2/b3-1+. The topological polar surface area (TPSA) is 9.23 Å². The molecule has 1 aromatic rings. The molecule has 0 spiro atoms. The van der Waals surface area contributed by atoms with Gasteiger partial charge < -0.3 is 4.74 Å². The van der Waals surface area contributed by atoms with Gasteiger partial charge in [0.05, 0.1) is 6.67 Å².